The van der Waals surface area contributed by atoms with Gasteiger partial charge in [-0.2, -0.15) is 5.10 Å². The molecule has 0 radical (unpaired) electrons. The van der Waals surface area contributed by atoms with Crippen molar-refractivity contribution in [3.63, 3.8) is 0 Å². The molecule has 3 N–H and O–H groups in total. The van der Waals surface area contributed by atoms with E-state index in [1.54, 1.807) is 13.1 Å². The number of ether oxygens (including phenoxy) is 1. The van der Waals surface area contributed by atoms with Gasteiger partial charge in [0.25, 0.3) is 15.9 Å². The first kappa shape index (κ1) is 21.1. The van der Waals surface area contributed by atoms with Crippen molar-refractivity contribution in [2.45, 2.75) is 4.90 Å². The van der Waals surface area contributed by atoms with Crippen molar-refractivity contribution in [3.05, 3.63) is 54.6 Å². The summed E-state index contributed by atoms with van der Waals surface area (Å²) < 4.78 is 33.7. The molecule has 0 spiro atoms. The standard InChI is InChI=1S/C17H17N7O4S2/c1-24-13(7-8-20-24)16(25)22-17(29)21-11-3-5-12(6-4-11)30(26,27)23-14-9-15(28-2)19-10-18-14/h3-10H,1-2H3,(H,18,19,23)(H2,21,22,25,29). The normalized spacial score (nSPS) is 10.9. The van der Waals surface area contributed by atoms with E-state index in [1.165, 1.54) is 54.6 Å². The third kappa shape index (κ3) is 5.07. The lowest BCUT2D eigenvalue weighted by molar-refractivity contribution is 0.0968. The zero-order valence-electron chi connectivity index (χ0n) is 15.9. The van der Waals surface area contributed by atoms with E-state index >= 15 is 0 Å². The first-order valence-corrected chi connectivity index (χ1v) is 10.3. The van der Waals surface area contributed by atoms with Crippen LogP contribution in [0.3, 0.4) is 0 Å². The summed E-state index contributed by atoms with van der Waals surface area (Å²) in [5.41, 5.74) is 0.834. The van der Waals surface area contributed by atoms with Gasteiger partial charge in [-0.05, 0) is 42.5 Å². The Balaban J connectivity index is 1.64. The average Bonchev–Trinajstić information content (AvgIpc) is 3.14. The molecular weight excluding hydrogens is 430 g/mol. The molecule has 0 saturated carbocycles. The molecule has 13 heteroatoms. The maximum absolute atomic E-state index is 12.5. The number of benzene rings is 1. The lowest BCUT2D eigenvalue weighted by Crippen LogP contribution is -2.35. The number of sulfonamides is 1. The lowest BCUT2D eigenvalue weighted by Gasteiger charge is -2.11. The molecule has 2 aromatic heterocycles. The summed E-state index contributed by atoms with van der Waals surface area (Å²) in [6.07, 6.45) is 2.68. The number of aryl methyl sites for hydroxylation is 1. The Hall–Kier alpha value is -3.58. The molecule has 0 aliphatic carbocycles. The molecule has 0 bridgehead atoms. The quantitative estimate of drug-likeness (QED) is 0.475. The second-order valence-corrected chi connectivity index (χ2v) is 7.91. The number of nitrogens with one attached hydrogen (secondary N) is 3. The molecule has 30 heavy (non-hydrogen) atoms. The summed E-state index contributed by atoms with van der Waals surface area (Å²) in [6, 6.07) is 8.70. The van der Waals surface area contributed by atoms with Crippen molar-refractivity contribution < 1.29 is 17.9 Å². The highest BCUT2D eigenvalue weighted by Crippen LogP contribution is 2.18. The molecule has 0 unspecified atom stereocenters. The molecular formula is C17H17N7O4S2. The summed E-state index contributed by atoms with van der Waals surface area (Å²) in [5, 5.41) is 9.31. The summed E-state index contributed by atoms with van der Waals surface area (Å²) in [7, 11) is -0.825. The summed E-state index contributed by atoms with van der Waals surface area (Å²) >= 11 is 5.12. The summed E-state index contributed by atoms with van der Waals surface area (Å²) in [4.78, 5) is 19.8. The molecule has 0 saturated heterocycles. The van der Waals surface area contributed by atoms with Crippen LogP contribution in [0, 0.1) is 0 Å². The second-order valence-electron chi connectivity index (χ2n) is 5.82. The monoisotopic (exact) mass is 447 g/mol. The van der Waals surface area contributed by atoms with Crippen molar-refractivity contribution >= 4 is 44.8 Å². The number of nitrogens with zero attached hydrogens (tertiary/aromatic N) is 4. The number of anilines is 2. The molecule has 0 fully saturated rings. The van der Waals surface area contributed by atoms with Crippen LogP contribution in [0.25, 0.3) is 0 Å². The minimum atomic E-state index is -3.87. The third-order valence-electron chi connectivity index (χ3n) is 3.79. The van der Waals surface area contributed by atoms with Gasteiger partial charge >= 0.3 is 0 Å². The fourth-order valence-corrected chi connectivity index (χ4v) is 3.56. The smallest absolute Gasteiger partial charge is 0.275 e. The van der Waals surface area contributed by atoms with E-state index in [-0.39, 0.29) is 21.7 Å². The number of rotatable bonds is 6. The fourth-order valence-electron chi connectivity index (χ4n) is 2.35. The van der Waals surface area contributed by atoms with Crippen LogP contribution >= 0.6 is 12.2 Å². The Morgan fingerprint density at radius 3 is 2.53 bits per heavy atom. The Kier molecular flexibility index (Phi) is 6.23. The third-order valence-corrected chi connectivity index (χ3v) is 5.37. The highest BCUT2D eigenvalue weighted by atomic mass is 32.2. The fraction of sp³-hybridized carbons (Fsp3) is 0.118. The van der Waals surface area contributed by atoms with E-state index in [2.05, 4.69) is 30.4 Å². The van der Waals surface area contributed by atoms with Crippen LogP contribution in [0.4, 0.5) is 11.5 Å². The molecule has 3 rings (SSSR count). The second kappa shape index (κ2) is 8.84. The van der Waals surface area contributed by atoms with E-state index in [1.807, 2.05) is 0 Å². The maximum Gasteiger partial charge on any atom is 0.275 e. The van der Waals surface area contributed by atoms with Gasteiger partial charge in [-0.25, -0.2) is 18.4 Å². The van der Waals surface area contributed by atoms with Gasteiger partial charge in [-0.1, -0.05) is 0 Å². The number of hydrogen-bond donors (Lipinski definition) is 3. The van der Waals surface area contributed by atoms with Gasteiger partial charge in [0.2, 0.25) is 5.88 Å². The minimum absolute atomic E-state index is 0.00969. The Morgan fingerprint density at radius 1 is 1.17 bits per heavy atom. The minimum Gasteiger partial charge on any atom is -0.481 e. The van der Waals surface area contributed by atoms with Gasteiger partial charge in [0, 0.05) is 25.0 Å². The average molecular weight is 448 g/mol. The predicted octanol–water partition coefficient (Wildman–Crippen LogP) is 1.15. The topological polar surface area (TPSA) is 140 Å². The molecule has 0 aliphatic heterocycles. The Bertz CT molecular complexity index is 1180. The zero-order chi connectivity index (χ0) is 21.7. The molecule has 1 aromatic carbocycles. The molecule has 0 aliphatic rings. The van der Waals surface area contributed by atoms with Gasteiger partial charge in [0.05, 0.1) is 12.0 Å². The van der Waals surface area contributed by atoms with Crippen LogP contribution < -0.4 is 20.1 Å². The Morgan fingerprint density at radius 2 is 1.90 bits per heavy atom. The van der Waals surface area contributed by atoms with Crippen LogP contribution in [0.5, 0.6) is 5.88 Å². The number of hydrogen-bond acceptors (Lipinski definition) is 8. The number of methoxy groups -OCH3 is 1. The number of carbonyl (C=O) groups is 1. The first-order chi connectivity index (χ1) is 14.3. The van der Waals surface area contributed by atoms with Crippen molar-refractivity contribution in [2.24, 2.45) is 7.05 Å². The molecule has 11 nitrogen and oxygen atoms in total. The number of aromatic nitrogens is 4. The van der Waals surface area contributed by atoms with Crippen LogP contribution in [0.2, 0.25) is 0 Å². The van der Waals surface area contributed by atoms with Crippen LogP contribution in [0.15, 0.2) is 53.8 Å². The Labute approximate surface area is 177 Å². The number of carbonyl (C=O) groups excluding carboxylic acids is 1. The number of thiocarbonyl (C=S) groups is 1. The van der Waals surface area contributed by atoms with Crippen molar-refractivity contribution in [2.75, 3.05) is 17.1 Å². The SMILES string of the molecule is COc1cc(NS(=O)(=O)c2ccc(NC(=S)NC(=O)c3ccnn3C)cc2)ncn1. The molecule has 156 valence electrons. The highest BCUT2D eigenvalue weighted by Gasteiger charge is 2.16. The first-order valence-electron chi connectivity index (χ1n) is 8.38. The van der Waals surface area contributed by atoms with Gasteiger partial charge in [0.15, 0.2) is 5.11 Å². The van der Waals surface area contributed by atoms with E-state index < -0.39 is 15.9 Å². The summed E-state index contributed by atoms with van der Waals surface area (Å²) in [5.74, 6) is -0.122. The summed E-state index contributed by atoms with van der Waals surface area (Å²) in [6.45, 7) is 0. The molecule has 1 amide bonds. The van der Waals surface area contributed by atoms with E-state index in [0.29, 0.717) is 11.4 Å². The van der Waals surface area contributed by atoms with Gasteiger partial charge < -0.3 is 10.1 Å². The van der Waals surface area contributed by atoms with Gasteiger partial charge in [-0.3, -0.25) is 19.5 Å². The molecule has 0 atom stereocenters. The van der Waals surface area contributed by atoms with Gasteiger partial charge in [0.1, 0.15) is 17.8 Å². The van der Waals surface area contributed by atoms with Crippen LogP contribution in [-0.4, -0.2) is 46.3 Å². The van der Waals surface area contributed by atoms with Crippen LogP contribution in [0.1, 0.15) is 10.5 Å². The predicted molar refractivity (Wildman–Crippen MR) is 113 cm³/mol. The molecule has 2 heterocycles. The largest absolute Gasteiger partial charge is 0.481 e. The lowest BCUT2D eigenvalue weighted by atomic mass is 10.3. The van der Waals surface area contributed by atoms with E-state index in [0.717, 1.165) is 0 Å². The van der Waals surface area contributed by atoms with Crippen molar-refractivity contribution in [1.29, 1.82) is 0 Å². The zero-order valence-corrected chi connectivity index (χ0v) is 17.5. The number of amides is 1. The van der Waals surface area contributed by atoms with Crippen LogP contribution in [-0.2, 0) is 17.1 Å². The van der Waals surface area contributed by atoms with Crippen molar-refractivity contribution in [3.8, 4) is 5.88 Å². The van der Waals surface area contributed by atoms with E-state index in [9.17, 15) is 13.2 Å². The van der Waals surface area contributed by atoms with Gasteiger partial charge in [-0.15, -0.1) is 0 Å². The highest BCUT2D eigenvalue weighted by molar-refractivity contribution is 7.92. The maximum atomic E-state index is 12.5. The molecule has 3 aromatic rings. The van der Waals surface area contributed by atoms with Crippen molar-refractivity contribution in [1.82, 2.24) is 25.1 Å². The van der Waals surface area contributed by atoms with E-state index in [4.69, 9.17) is 17.0 Å².